The average molecular weight is 385 g/mol. The maximum Gasteiger partial charge on any atom is 0.269 e. The molecule has 0 spiro atoms. The molecule has 28 heavy (non-hydrogen) atoms. The van der Waals surface area contributed by atoms with E-state index in [2.05, 4.69) is 10.6 Å². The van der Waals surface area contributed by atoms with E-state index in [4.69, 9.17) is 16.2 Å². The SMILES string of the molecule is CCCNC(=O)/C(N)=C(\NC)c1cccc(C)c1N.COc1ccccc1C. The Morgan fingerprint density at radius 1 is 1.07 bits per heavy atom. The average Bonchev–Trinajstić information content (AvgIpc) is 2.70. The fraction of sp³-hybridized carbons (Fsp3) is 0.318. The number of benzene rings is 2. The molecule has 0 unspecified atom stereocenters. The molecule has 0 saturated heterocycles. The molecule has 152 valence electrons. The minimum absolute atomic E-state index is 0.147. The standard InChI is InChI=1S/C14H22N4O.C8H10O/c1-4-8-18-14(19)12(16)13(17-3)10-7-5-6-9(2)11(10)15;1-7-5-3-4-6-8(7)9-2/h5-7,17H,4,8,15-16H2,1-3H3,(H,18,19);3-6H,1-2H3/b13-12+;. The third-order valence-corrected chi connectivity index (χ3v) is 4.21. The maximum absolute atomic E-state index is 11.9. The summed E-state index contributed by atoms with van der Waals surface area (Å²) >= 11 is 0. The number of nitrogens with two attached hydrogens (primary N) is 2. The van der Waals surface area contributed by atoms with Crippen LogP contribution in [0, 0.1) is 13.8 Å². The van der Waals surface area contributed by atoms with E-state index < -0.39 is 0 Å². The molecule has 6 heteroatoms. The van der Waals surface area contributed by atoms with Gasteiger partial charge in [-0.25, -0.2) is 0 Å². The van der Waals surface area contributed by atoms with Crippen molar-refractivity contribution in [1.82, 2.24) is 10.6 Å². The second-order valence-electron chi connectivity index (χ2n) is 6.30. The van der Waals surface area contributed by atoms with Crippen LogP contribution < -0.4 is 26.8 Å². The van der Waals surface area contributed by atoms with Gasteiger partial charge in [-0.15, -0.1) is 0 Å². The Kier molecular flexibility index (Phi) is 9.43. The van der Waals surface area contributed by atoms with Gasteiger partial charge in [0.2, 0.25) is 0 Å². The number of nitrogen functional groups attached to an aromatic ring is 1. The van der Waals surface area contributed by atoms with E-state index >= 15 is 0 Å². The van der Waals surface area contributed by atoms with Gasteiger partial charge in [0.05, 0.1) is 12.8 Å². The molecule has 1 amide bonds. The lowest BCUT2D eigenvalue weighted by molar-refractivity contribution is -0.117. The number of ether oxygens (including phenoxy) is 1. The number of aryl methyl sites for hydroxylation is 2. The van der Waals surface area contributed by atoms with E-state index in [0.717, 1.165) is 23.3 Å². The molecule has 0 atom stereocenters. The zero-order valence-electron chi connectivity index (χ0n) is 17.4. The van der Waals surface area contributed by atoms with Gasteiger partial charge < -0.3 is 26.8 Å². The van der Waals surface area contributed by atoms with E-state index in [1.807, 2.05) is 63.2 Å². The number of carbonyl (C=O) groups is 1. The lowest BCUT2D eigenvalue weighted by atomic mass is 10.0. The number of para-hydroxylation sites is 2. The molecule has 0 aliphatic carbocycles. The second-order valence-corrected chi connectivity index (χ2v) is 6.30. The summed E-state index contributed by atoms with van der Waals surface area (Å²) < 4.78 is 5.04. The topological polar surface area (TPSA) is 102 Å². The van der Waals surface area contributed by atoms with Crippen LogP contribution in [-0.4, -0.2) is 26.6 Å². The van der Waals surface area contributed by atoms with Gasteiger partial charge in [-0.05, 0) is 37.5 Å². The summed E-state index contributed by atoms with van der Waals surface area (Å²) in [6.45, 7) is 6.52. The number of amides is 1. The summed E-state index contributed by atoms with van der Waals surface area (Å²) in [6.07, 6.45) is 0.862. The van der Waals surface area contributed by atoms with Crippen LogP contribution in [0.3, 0.4) is 0 Å². The van der Waals surface area contributed by atoms with E-state index in [0.29, 0.717) is 17.9 Å². The van der Waals surface area contributed by atoms with Crippen molar-refractivity contribution in [2.24, 2.45) is 5.73 Å². The van der Waals surface area contributed by atoms with Crippen molar-refractivity contribution in [2.75, 3.05) is 26.4 Å². The molecule has 0 radical (unpaired) electrons. The van der Waals surface area contributed by atoms with E-state index in [1.54, 1.807) is 14.2 Å². The van der Waals surface area contributed by atoms with Crippen molar-refractivity contribution in [3.63, 3.8) is 0 Å². The van der Waals surface area contributed by atoms with E-state index in [1.165, 1.54) is 5.56 Å². The van der Waals surface area contributed by atoms with Gasteiger partial charge in [-0.1, -0.05) is 43.3 Å². The Morgan fingerprint density at radius 2 is 1.71 bits per heavy atom. The zero-order chi connectivity index (χ0) is 21.1. The molecule has 2 aromatic carbocycles. The highest BCUT2D eigenvalue weighted by molar-refractivity contribution is 6.01. The summed E-state index contributed by atoms with van der Waals surface area (Å²) in [5, 5.41) is 5.71. The molecular formula is C22H32N4O2. The molecule has 0 aromatic heterocycles. The third kappa shape index (κ3) is 6.23. The Bertz CT molecular complexity index is 816. The first-order valence-corrected chi connectivity index (χ1v) is 9.28. The first-order valence-electron chi connectivity index (χ1n) is 9.28. The van der Waals surface area contributed by atoms with Crippen LogP contribution in [0.15, 0.2) is 48.2 Å². The number of rotatable bonds is 6. The molecule has 0 heterocycles. The van der Waals surface area contributed by atoms with Crippen LogP contribution in [-0.2, 0) is 4.79 Å². The van der Waals surface area contributed by atoms with Crippen LogP contribution in [0.5, 0.6) is 5.75 Å². The third-order valence-electron chi connectivity index (χ3n) is 4.21. The second kappa shape index (κ2) is 11.5. The molecular weight excluding hydrogens is 352 g/mol. The van der Waals surface area contributed by atoms with E-state index in [9.17, 15) is 4.79 Å². The van der Waals surface area contributed by atoms with Crippen LogP contribution >= 0.6 is 0 Å². The summed E-state index contributed by atoms with van der Waals surface area (Å²) in [4.78, 5) is 11.9. The monoisotopic (exact) mass is 384 g/mol. The van der Waals surface area contributed by atoms with Gasteiger partial charge in [0.25, 0.3) is 5.91 Å². The first kappa shape index (κ1) is 22.9. The number of nitrogens with one attached hydrogen (secondary N) is 2. The first-order chi connectivity index (χ1) is 13.4. The van der Waals surface area contributed by atoms with Crippen molar-refractivity contribution in [3.05, 3.63) is 64.9 Å². The Morgan fingerprint density at radius 3 is 2.25 bits per heavy atom. The highest BCUT2D eigenvalue weighted by atomic mass is 16.5. The normalized spacial score (nSPS) is 10.9. The minimum atomic E-state index is -0.285. The molecule has 0 saturated carbocycles. The van der Waals surface area contributed by atoms with Crippen molar-refractivity contribution in [3.8, 4) is 5.75 Å². The quantitative estimate of drug-likeness (QED) is 0.453. The largest absolute Gasteiger partial charge is 0.496 e. The maximum atomic E-state index is 11.9. The van der Waals surface area contributed by atoms with Crippen LogP contribution in [0.25, 0.3) is 5.70 Å². The molecule has 6 nitrogen and oxygen atoms in total. The fourth-order valence-corrected chi connectivity index (χ4v) is 2.55. The lowest BCUT2D eigenvalue weighted by Crippen LogP contribution is -2.32. The molecule has 6 N–H and O–H groups in total. The van der Waals surface area contributed by atoms with Gasteiger partial charge in [0.15, 0.2) is 0 Å². The van der Waals surface area contributed by atoms with Crippen molar-refractivity contribution < 1.29 is 9.53 Å². The molecule has 2 aromatic rings. The number of anilines is 1. The van der Waals surface area contributed by atoms with Crippen LogP contribution in [0.2, 0.25) is 0 Å². The number of hydrogen-bond donors (Lipinski definition) is 4. The number of hydrogen-bond acceptors (Lipinski definition) is 5. The van der Waals surface area contributed by atoms with Crippen LogP contribution in [0.1, 0.15) is 30.0 Å². The highest BCUT2D eigenvalue weighted by Gasteiger charge is 2.15. The van der Waals surface area contributed by atoms with Crippen molar-refractivity contribution >= 4 is 17.3 Å². The number of methoxy groups -OCH3 is 1. The predicted molar refractivity (Wildman–Crippen MR) is 117 cm³/mol. The summed E-state index contributed by atoms with van der Waals surface area (Å²) in [5.41, 5.74) is 16.1. The van der Waals surface area contributed by atoms with Gasteiger partial charge >= 0.3 is 0 Å². The summed E-state index contributed by atoms with van der Waals surface area (Å²) in [6, 6.07) is 13.6. The van der Waals surface area contributed by atoms with Crippen molar-refractivity contribution in [1.29, 1.82) is 0 Å². The molecule has 0 aliphatic rings. The molecule has 0 fully saturated rings. The van der Waals surface area contributed by atoms with Gasteiger partial charge in [0, 0.05) is 24.8 Å². The Labute approximate surface area is 168 Å². The van der Waals surface area contributed by atoms with Crippen molar-refractivity contribution in [2.45, 2.75) is 27.2 Å². The fourth-order valence-electron chi connectivity index (χ4n) is 2.55. The summed E-state index contributed by atoms with van der Waals surface area (Å²) in [7, 11) is 3.40. The molecule has 0 bridgehead atoms. The highest BCUT2D eigenvalue weighted by Crippen LogP contribution is 2.23. The Balaban J connectivity index is 0.000000362. The minimum Gasteiger partial charge on any atom is -0.496 e. The van der Waals surface area contributed by atoms with Gasteiger partial charge in [-0.2, -0.15) is 0 Å². The number of carbonyl (C=O) groups excluding carboxylic acids is 1. The van der Waals surface area contributed by atoms with Gasteiger partial charge in [0.1, 0.15) is 11.4 Å². The zero-order valence-corrected chi connectivity index (χ0v) is 17.4. The van der Waals surface area contributed by atoms with E-state index in [-0.39, 0.29) is 11.6 Å². The molecule has 2 rings (SSSR count). The predicted octanol–water partition coefficient (Wildman–Crippen LogP) is 2.95. The molecule has 0 aliphatic heterocycles. The smallest absolute Gasteiger partial charge is 0.269 e. The summed E-state index contributed by atoms with van der Waals surface area (Å²) in [5.74, 6) is 0.671. The van der Waals surface area contributed by atoms with Crippen LogP contribution in [0.4, 0.5) is 5.69 Å². The Hall–Kier alpha value is -3.15. The lowest BCUT2D eigenvalue weighted by Gasteiger charge is -2.15. The van der Waals surface area contributed by atoms with Gasteiger partial charge in [-0.3, -0.25) is 4.79 Å².